The number of aromatic nitrogens is 2. The van der Waals surface area contributed by atoms with Gasteiger partial charge in [-0.25, -0.2) is 4.98 Å². The monoisotopic (exact) mass is 264 g/mol. The summed E-state index contributed by atoms with van der Waals surface area (Å²) in [4.78, 5) is 18.1. The zero-order valence-corrected chi connectivity index (χ0v) is 11.8. The molecule has 19 heavy (non-hydrogen) atoms. The third kappa shape index (κ3) is 4.35. The summed E-state index contributed by atoms with van der Waals surface area (Å²) in [6.45, 7) is 5.49. The zero-order chi connectivity index (χ0) is 13.9. The smallest absolute Gasteiger partial charge is 0.252 e. The van der Waals surface area contributed by atoms with E-state index in [0.717, 1.165) is 6.54 Å². The summed E-state index contributed by atoms with van der Waals surface area (Å²) in [6.07, 6.45) is 5.77. The van der Waals surface area contributed by atoms with Crippen LogP contribution in [0.5, 0.6) is 0 Å². The quantitative estimate of drug-likeness (QED) is 0.768. The van der Waals surface area contributed by atoms with Crippen molar-refractivity contribution in [3.63, 3.8) is 0 Å². The average molecular weight is 264 g/mol. The number of rotatable bonds is 4. The number of hydrogen-bond donors (Lipinski definition) is 3. The Balaban J connectivity index is 1.81. The predicted octanol–water partition coefficient (Wildman–Crippen LogP) is 1.45. The van der Waals surface area contributed by atoms with E-state index in [2.05, 4.69) is 29.1 Å². The van der Waals surface area contributed by atoms with E-state index < -0.39 is 0 Å². The molecule has 5 nitrogen and oxygen atoms in total. The zero-order valence-electron chi connectivity index (χ0n) is 11.8. The summed E-state index contributed by atoms with van der Waals surface area (Å²) in [5, 5.41) is 3.56. The summed E-state index contributed by atoms with van der Waals surface area (Å²) in [6, 6.07) is 1.89. The number of H-pyrrole nitrogens is 1. The van der Waals surface area contributed by atoms with Gasteiger partial charge in [-0.1, -0.05) is 20.3 Å². The van der Waals surface area contributed by atoms with E-state index in [1.807, 2.05) is 0 Å². The second kappa shape index (κ2) is 5.74. The molecule has 1 heterocycles. The van der Waals surface area contributed by atoms with E-state index >= 15 is 0 Å². The van der Waals surface area contributed by atoms with Crippen LogP contribution in [0.15, 0.2) is 10.9 Å². The standard InChI is InChI=1S/C14H24N4O/c1-14(2)6-3-4-10(9-14)16-7-5-12-17-11(15)8-13(19)18-12/h8,10,16H,3-7,9H2,1-2H3,(H3,15,17,18,19)/t10-/m1/s1. The molecule has 0 saturated heterocycles. The van der Waals surface area contributed by atoms with Crippen LogP contribution in [0.2, 0.25) is 0 Å². The second-order valence-corrected chi connectivity index (χ2v) is 6.28. The Bertz CT molecular complexity index is 481. The normalized spacial score (nSPS) is 22.3. The number of nitrogens with two attached hydrogens (primary N) is 1. The fraction of sp³-hybridized carbons (Fsp3) is 0.714. The number of anilines is 1. The van der Waals surface area contributed by atoms with Crippen molar-refractivity contribution >= 4 is 5.82 Å². The van der Waals surface area contributed by atoms with Gasteiger partial charge in [0.2, 0.25) is 0 Å². The molecule has 1 aliphatic rings. The molecule has 2 rings (SSSR count). The van der Waals surface area contributed by atoms with Crippen molar-refractivity contribution in [1.82, 2.24) is 15.3 Å². The van der Waals surface area contributed by atoms with E-state index in [1.165, 1.54) is 31.7 Å². The first-order valence-electron chi connectivity index (χ1n) is 7.04. The lowest BCUT2D eigenvalue weighted by atomic mass is 9.75. The number of nitrogens with zero attached hydrogens (tertiary/aromatic N) is 1. The molecule has 0 aromatic carbocycles. The summed E-state index contributed by atoms with van der Waals surface area (Å²) >= 11 is 0. The molecule has 0 spiro atoms. The summed E-state index contributed by atoms with van der Waals surface area (Å²) < 4.78 is 0. The van der Waals surface area contributed by atoms with Gasteiger partial charge in [-0.15, -0.1) is 0 Å². The van der Waals surface area contributed by atoms with Crippen molar-refractivity contribution in [3.05, 3.63) is 22.2 Å². The molecule has 1 fully saturated rings. The predicted molar refractivity (Wildman–Crippen MR) is 77.0 cm³/mol. The maximum atomic E-state index is 11.3. The molecule has 4 N–H and O–H groups in total. The van der Waals surface area contributed by atoms with Gasteiger partial charge in [-0.05, 0) is 24.7 Å². The molecule has 0 bridgehead atoms. The van der Waals surface area contributed by atoms with Crippen molar-refractivity contribution in [3.8, 4) is 0 Å². The van der Waals surface area contributed by atoms with Crippen LogP contribution in [-0.4, -0.2) is 22.6 Å². The molecule has 0 aliphatic heterocycles. The Labute approximate surface area is 114 Å². The molecular weight excluding hydrogens is 240 g/mol. The van der Waals surface area contributed by atoms with Gasteiger partial charge in [0.25, 0.3) is 5.56 Å². The van der Waals surface area contributed by atoms with E-state index in [-0.39, 0.29) is 11.4 Å². The van der Waals surface area contributed by atoms with Gasteiger partial charge in [0.05, 0.1) is 0 Å². The minimum atomic E-state index is -0.179. The first kappa shape index (κ1) is 14.1. The van der Waals surface area contributed by atoms with Crippen LogP contribution in [0.3, 0.4) is 0 Å². The lowest BCUT2D eigenvalue weighted by Crippen LogP contribution is -2.38. The van der Waals surface area contributed by atoms with Crippen molar-refractivity contribution in [2.45, 2.75) is 52.0 Å². The van der Waals surface area contributed by atoms with Gasteiger partial charge in [-0.3, -0.25) is 4.79 Å². The van der Waals surface area contributed by atoms with Gasteiger partial charge in [0.1, 0.15) is 11.6 Å². The lowest BCUT2D eigenvalue weighted by molar-refractivity contribution is 0.199. The maximum absolute atomic E-state index is 11.3. The van der Waals surface area contributed by atoms with Gasteiger partial charge in [0.15, 0.2) is 0 Å². The molecule has 106 valence electrons. The molecule has 1 aliphatic carbocycles. The van der Waals surface area contributed by atoms with Crippen LogP contribution in [0.1, 0.15) is 45.4 Å². The maximum Gasteiger partial charge on any atom is 0.252 e. The van der Waals surface area contributed by atoms with Crippen LogP contribution in [0.4, 0.5) is 5.82 Å². The lowest BCUT2D eigenvalue weighted by Gasteiger charge is -2.35. The van der Waals surface area contributed by atoms with Crippen LogP contribution < -0.4 is 16.6 Å². The summed E-state index contributed by atoms with van der Waals surface area (Å²) in [5.74, 6) is 0.949. The summed E-state index contributed by atoms with van der Waals surface area (Å²) in [5.41, 5.74) is 5.82. The fourth-order valence-corrected chi connectivity index (χ4v) is 2.91. The van der Waals surface area contributed by atoms with E-state index in [9.17, 15) is 4.79 Å². The largest absolute Gasteiger partial charge is 0.383 e. The van der Waals surface area contributed by atoms with Crippen molar-refractivity contribution in [1.29, 1.82) is 0 Å². The molecule has 0 radical (unpaired) electrons. The highest BCUT2D eigenvalue weighted by molar-refractivity contribution is 5.25. The summed E-state index contributed by atoms with van der Waals surface area (Å²) in [7, 11) is 0. The van der Waals surface area contributed by atoms with Crippen LogP contribution >= 0.6 is 0 Å². The highest BCUT2D eigenvalue weighted by atomic mass is 16.1. The SMILES string of the molecule is CC1(C)CCC[C@@H](NCCc2nc(N)cc(=O)[nH]2)C1. The molecule has 0 amide bonds. The van der Waals surface area contributed by atoms with E-state index in [0.29, 0.717) is 23.7 Å². The molecule has 1 saturated carbocycles. The van der Waals surface area contributed by atoms with Gasteiger partial charge < -0.3 is 16.0 Å². The molecular formula is C14H24N4O. The van der Waals surface area contributed by atoms with Crippen LogP contribution in [0, 0.1) is 5.41 Å². The molecule has 5 heteroatoms. The Morgan fingerprint density at radius 2 is 2.37 bits per heavy atom. The Morgan fingerprint density at radius 1 is 1.58 bits per heavy atom. The Hall–Kier alpha value is -1.36. The van der Waals surface area contributed by atoms with Gasteiger partial charge in [0, 0.05) is 25.1 Å². The van der Waals surface area contributed by atoms with Crippen molar-refractivity contribution < 1.29 is 0 Å². The topological polar surface area (TPSA) is 83.8 Å². The van der Waals surface area contributed by atoms with Crippen molar-refractivity contribution in [2.24, 2.45) is 5.41 Å². The Kier molecular flexibility index (Phi) is 4.24. The third-order valence-corrected chi connectivity index (χ3v) is 3.81. The number of aromatic amines is 1. The molecule has 1 atom stereocenters. The average Bonchev–Trinajstić information content (AvgIpc) is 2.26. The second-order valence-electron chi connectivity index (χ2n) is 6.28. The minimum absolute atomic E-state index is 0.179. The van der Waals surface area contributed by atoms with E-state index in [4.69, 9.17) is 5.73 Å². The van der Waals surface area contributed by atoms with E-state index in [1.54, 1.807) is 0 Å². The molecule has 1 aromatic rings. The minimum Gasteiger partial charge on any atom is -0.383 e. The highest BCUT2D eigenvalue weighted by Crippen LogP contribution is 2.34. The number of nitrogens with one attached hydrogen (secondary N) is 2. The highest BCUT2D eigenvalue weighted by Gasteiger charge is 2.27. The van der Waals surface area contributed by atoms with Crippen LogP contribution in [0.25, 0.3) is 0 Å². The van der Waals surface area contributed by atoms with Gasteiger partial charge >= 0.3 is 0 Å². The number of hydrogen-bond acceptors (Lipinski definition) is 4. The molecule has 1 aromatic heterocycles. The molecule has 0 unspecified atom stereocenters. The van der Waals surface area contributed by atoms with Crippen molar-refractivity contribution in [2.75, 3.05) is 12.3 Å². The van der Waals surface area contributed by atoms with Gasteiger partial charge in [-0.2, -0.15) is 0 Å². The van der Waals surface area contributed by atoms with Crippen LogP contribution in [-0.2, 0) is 6.42 Å². The first-order chi connectivity index (χ1) is 8.94. The Morgan fingerprint density at radius 3 is 3.05 bits per heavy atom. The number of nitrogen functional groups attached to an aromatic ring is 1. The first-order valence-corrected chi connectivity index (χ1v) is 7.04. The third-order valence-electron chi connectivity index (χ3n) is 3.81. The fourth-order valence-electron chi connectivity index (χ4n) is 2.91.